The third kappa shape index (κ3) is 2.52. The Morgan fingerprint density at radius 3 is 2.71 bits per heavy atom. The smallest absolute Gasteiger partial charge is 0.123 e. The molecule has 74 valence electrons. The van der Waals surface area contributed by atoms with Crippen LogP contribution in [-0.4, -0.2) is 6.21 Å². The van der Waals surface area contributed by atoms with Crippen LogP contribution in [0.3, 0.4) is 0 Å². The second-order valence-electron chi connectivity index (χ2n) is 3.18. The van der Waals surface area contributed by atoms with Gasteiger partial charge in [-0.3, -0.25) is 4.99 Å². The molecule has 0 aliphatic rings. The molecule has 1 aromatic carbocycles. The molecule has 0 aliphatic heterocycles. The lowest BCUT2D eigenvalue weighted by atomic mass is 10.0. The van der Waals surface area contributed by atoms with Crippen LogP contribution in [0.5, 0.6) is 0 Å². The molecular weight excluding hydrogens is 177 g/mol. The SMILES string of the molecule is C/C=N\C=C(/C)c1ccc(F)cc1C. The molecule has 1 nitrogen and oxygen atoms in total. The summed E-state index contributed by atoms with van der Waals surface area (Å²) in [7, 11) is 0. The first-order chi connectivity index (χ1) is 6.65. The van der Waals surface area contributed by atoms with Gasteiger partial charge >= 0.3 is 0 Å². The summed E-state index contributed by atoms with van der Waals surface area (Å²) in [6.07, 6.45) is 3.50. The molecule has 0 aromatic heterocycles. The number of hydrogen-bond acceptors (Lipinski definition) is 1. The van der Waals surface area contributed by atoms with Gasteiger partial charge < -0.3 is 0 Å². The molecule has 1 rings (SSSR count). The largest absolute Gasteiger partial charge is 0.269 e. The van der Waals surface area contributed by atoms with Gasteiger partial charge in [-0.05, 0) is 49.6 Å². The maximum atomic E-state index is 12.8. The number of rotatable bonds is 2. The van der Waals surface area contributed by atoms with E-state index in [-0.39, 0.29) is 5.82 Å². The molecule has 0 bridgehead atoms. The Kier molecular flexibility index (Phi) is 3.57. The lowest BCUT2D eigenvalue weighted by molar-refractivity contribution is 0.626. The summed E-state index contributed by atoms with van der Waals surface area (Å²) < 4.78 is 12.8. The van der Waals surface area contributed by atoms with Crippen LogP contribution in [0, 0.1) is 12.7 Å². The topological polar surface area (TPSA) is 12.4 Å². The van der Waals surface area contributed by atoms with E-state index in [1.807, 2.05) is 20.8 Å². The Morgan fingerprint density at radius 2 is 2.14 bits per heavy atom. The molecule has 2 heteroatoms. The van der Waals surface area contributed by atoms with Gasteiger partial charge in [0, 0.05) is 12.4 Å². The van der Waals surface area contributed by atoms with Crippen LogP contribution in [0.25, 0.3) is 5.57 Å². The number of halogens is 1. The summed E-state index contributed by atoms with van der Waals surface area (Å²) in [5.41, 5.74) is 3.02. The van der Waals surface area contributed by atoms with Crippen molar-refractivity contribution in [3.8, 4) is 0 Å². The highest BCUT2D eigenvalue weighted by molar-refractivity contribution is 5.68. The highest BCUT2D eigenvalue weighted by Crippen LogP contribution is 2.19. The van der Waals surface area contributed by atoms with Crippen molar-refractivity contribution in [3.05, 3.63) is 41.3 Å². The molecule has 0 radical (unpaired) electrons. The average molecular weight is 191 g/mol. The Bertz CT molecular complexity index is 378. The van der Waals surface area contributed by atoms with Crippen LogP contribution >= 0.6 is 0 Å². The zero-order chi connectivity index (χ0) is 10.6. The van der Waals surface area contributed by atoms with Crippen molar-refractivity contribution in [2.45, 2.75) is 20.8 Å². The van der Waals surface area contributed by atoms with Gasteiger partial charge in [-0.1, -0.05) is 6.07 Å². The van der Waals surface area contributed by atoms with Gasteiger partial charge in [0.05, 0.1) is 0 Å². The van der Waals surface area contributed by atoms with Crippen molar-refractivity contribution >= 4 is 11.8 Å². The van der Waals surface area contributed by atoms with Crippen LogP contribution in [0.15, 0.2) is 29.4 Å². The molecule has 0 saturated heterocycles. The highest BCUT2D eigenvalue weighted by atomic mass is 19.1. The van der Waals surface area contributed by atoms with E-state index in [4.69, 9.17) is 0 Å². The van der Waals surface area contributed by atoms with Gasteiger partial charge in [0.25, 0.3) is 0 Å². The third-order valence-electron chi connectivity index (χ3n) is 2.03. The zero-order valence-electron chi connectivity index (χ0n) is 8.71. The third-order valence-corrected chi connectivity index (χ3v) is 2.03. The van der Waals surface area contributed by atoms with Crippen molar-refractivity contribution in [2.24, 2.45) is 4.99 Å². The van der Waals surface area contributed by atoms with Crippen LogP contribution in [0.4, 0.5) is 4.39 Å². The van der Waals surface area contributed by atoms with Crippen molar-refractivity contribution in [2.75, 3.05) is 0 Å². The molecule has 0 N–H and O–H groups in total. The summed E-state index contributed by atoms with van der Waals surface area (Å²) in [4.78, 5) is 4.03. The normalized spacial score (nSPS) is 12.4. The van der Waals surface area contributed by atoms with Crippen LogP contribution in [0.1, 0.15) is 25.0 Å². The maximum absolute atomic E-state index is 12.8. The molecule has 14 heavy (non-hydrogen) atoms. The Morgan fingerprint density at radius 1 is 1.43 bits per heavy atom. The second kappa shape index (κ2) is 4.70. The van der Waals surface area contributed by atoms with Gasteiger partial charge in [0.2, 0.25) is 0 Å². The molecule has 0 heterocycles. The molecule has 0 spiro atoms. The second-order valence-corrected chi connectivity index (χ2v) is 3.18. The van der Waals surface area contributed by atoms with Gasteiger partial charge in [-0.15, -0.1) is 0 Å². The Hall–Kier alpha value is -1.44. The predicted molar refractivity (Wildman–Crippen MR) is 59.0 cm³/mol. The van der Waals surface area contributed by atoms with E-state index >= 15 is 0 Å². The quantitative estimate of drug-likeness (QED) is 0.633. The molecule has 0 aliphatic carbocycles. The number of allylic oxidation sites excluding steroid dienone is 1. The summed E-state index contributed by atoms with van der Waals surface area (Å²) in [6, 6.07) is 4.78. The first-order valence-corrected chi connectivity index (χ1v) is 4.56. The summed E-state index contributed by atoms with van der Waals surface area (Å²) in [5.74, 6) is -0.196. The van der Waals surface area contributed by atoms with Crippen LogP contribution in [-0.2, 0) is 0 Å². The van der Waals surface area contributed by atoms with Crippen molar-refractivity contribution in [1.82, 2.24) is 0 Å². The van der Waals surface area contributed by atoms with Crippen LogP contribution < -0.4 is 0 Å². The predicted octanol–water partition coefficient (Wildman–Crippen LogP) is 3.59. The number of hydrogen-bond donors (Lipinski definition) is 0. The fraction of sp³-hybridized carbons (Fsp3) is 0.250. The monoisotopic (exact) mass is 191 g/mol. The van der Waals surface area contributed by atoms with E-state index in [1.54, 1.807) is 18.5 Å². The van der Waals surface area contributed by atoms with E-state index in [0.29, 0.717) is 0 Å². The first-order valence-electron chi connectivity index (χ1n) is 4.56. The van der Waals surface area contributed by atoms with E-state index in [0.717, 1.165) is 16.7 Å². The van der Waals surface area contributed by atoms with Gasteiger partial charge in [-0.25, -0.2) is 4.39 Å². The van der Waals surface area contributed by atoms with Gasteiger partial charge in [0.1, 0.15) is 5.82 Å². The summed E-state index contributed by atoms with van der Waals surface area (Å²) in [5, 5.41) is 0. The summed E-state index contributed by atoms with van der Waals surface area (Å²) in [6.45, 7) is 5.72. The molecule has 0 unspecified atom stereocenters. The number of benzene rings is 1. The molecular formula is C12H14FN. The van der Waals surface area contributed by atoms with Crippen LogP contribution in [0.2, 0.25) is 0 Å². The first kappa shape index (κ1) is 10.6. The van der Waals surface area contributed by atoms with E-state index in [2.05, 4.69) is 4.99 Å². The lowest BCUT2D eigenvalue weighted by Crippen LogP contribution is -1.86. The Balaban J connectivity index is 3.07. The maximum Gasteiger partial charge on any atom is 0.123 e. The molecule has 0 atom stereocenters. The fourth-order valence-corrected chi connectivity index (χ4v) is 1.33. The van der Waals surface area contributed by atoms with Gasteiger partial charge in [0.15, 0.2) is 0 Å². The zero-order valence-corrected chi connectivity index (χ0v) is 8.71. The molecule has 0 amide bonds. The summed E-state index contributed by atoms with van der Waals surface area (Å²) >= 11 is 0. The number of nitrogens with zero attached hydrogens (tertiary/aromatic N) is 1. The fourth-order valence-electron chi connectivity index (χ4n) is 1.33. The lowest BCUT2D eigenvalue weighted by Gasteiger charge is -2.04. The van der Waals surface area contributed by atoms with E-state index < -0.39 is 0 Å². The van der Waals surface area contributed by atoms with Crippen molar-refractivity contribution in [1.29, 1.82) is 0 Å². The van der Waals surface area contributed by atoms with E-state index in [1.165, 1.54) is 12.1 Å². The molecule has 0 fully saturated rings. The number of aryl methyl sites for hydroxylation is 1. The highest BCUT2D eigenvalue weighted by Gasteiger charge is 2.00. The minimum Gasteiger partial charge on any atom is -0.269 e. The van der Waals surface area contributed by atoms with Gasteiger partial charge in [-0.2, -0.15) is 0 Å². The average Bonchev–Trinajstić information content (AvgIpc) is 2.14. The van der Waals surface area contributed by atoms with E-state index in [9.17, 15) is 4.39 Å². The standard InChI is InChI=1S/C12H14FN/c1-4-14-8-10(3)12-6-5-11(13)7-9(12)2/h4-8H,1-3H3/b10-8+,14-4-. The number of aliphatic imine (C=N–C) groups is 1. The van der Waals surface area contributed by atoms with Crippen molar-refractivity contribution < 1.29 is 4.39 Å². The molecule has 0 saturated carbocycles. The van der Waals surface area contributed by atoms with Crippen molar-refractivity contribution in [3.63, 3.8) is 0 Å². The molecule has 1 aromatic rings. The minimum atomic E-state index is -0.196. The Labute approximate surface area is 84.0 Å². The minimum absolute atomic E-state index is 0.196.